The molecule has 7 nitrogen and oxygen atoms in total. The van der Waals surface area contributed by atoms with Gasteiger partial charge in [0.15, 0.2) is 0 Å². The van der Waals surface area contributed by atoms with E-state index in [0.717, 1.165) is 11.3 Å². The van der Waals surface area contributed by atoms with Gasteiger partial charge in [0.1, 0.15) is 0 Å². The maximum atomic E-state index is 12.2. The van der Waals surface area contributed by atoms with Gasteiger partial charge < -0.3 is 19.9 Å². The van der Waals surface area contributed by atoms with Crippen molar-refractivity contribution in [2.24, 2.45) is 5.92 Å². The number of piperidine rings is 1. The predicted octanol–water partition coefficient (Wildman–Crippen LogP) is 1.48. The Morgan fingerprint density at radius 1 is 1.33 bits per heavy atom. The van der Waals surface area contributed by atoms with Gasteiger partial charge in [-0.15, -0.1) is 0 Å². The summed E-state index contributed by atoms with van der Waals surface area (Å²) in [4.78, 5) is 40.3. The summed E-state index contributed by atoms with van der Waals surface area (Å²) in [5.74, 6) is -0.310. The zero-order chi connectivity index (χ0) is 17.7. The number of carbonyl (C=O) groups excluding carboxylic acids is 2. The van der Waals surface area contributed by atoms with Crippen molar-refractivity contribution in [2.45, 2.75) is 40.2 Å². The number of urea groups is 1. The minimum Gasteiger partial charge on any atom is -0.466 e. The van der Waals surface area contributed by atoms with Crippen LogP contribution in [0.4, 0.5) is 4.79 Å². The fourth-order valence-electron chi connectivity index (χ4n) is 2.96. The van der Waals surface area contributed by atoms with Gasteiger partial charge >= 0.3 is 12.0 Å². The summed E-state index contributed by atoms with van der Waals surface area (Å²) in [5, 5.41) is 2.79. The third-order valence-corrected chi connectivity index (χ3v) is 4.31. The highest BCUT2D eigenvalue weighted by atomic mass is 16.5. The Labute approximate surface area is 141 Å². The fourth-order valence-corrected chi connectivity index (χ4v) is 2.96. The summed E-state index contributed by atoms with van der Waals surface area (Å²) in [7, 11) is 0. The molecule has 0 spiro atoms. The smallest absolute Gasteiger partial charge is 0.317 e. The van der Waals surface area contributed by atoms with E-state index in [9.17, 15) is 14.4 Å². The molecule has 1 aromatic rings. The van der Waals surface area contributed by atoms with Crippen LogP contribution in [0.1, 0.15) is 36.6 Å². The molecule has 2 amide bonds. The molecule has 2 heterocycles. The van der Waals surface area contributed by atoms with Gasteiger partial charge in [0.05, 0.1) is 19.1 Å². The lowest BCUT2D eigenvalue weighted by atomic mass is 9.97. The van der Waals surface area contributed by atoms with E-state index in [1.165, 1.54) is 0 Å². The molecular formula is C17H25N3O4. The van der Waals surface area contributed by atoms with Crippen molar-refractivity contribution in [1.82, 2.24) is 15.2 Å². The number of pyridine rings is 1. The van der Waals surface area contributed by atoms with E-state index in [4.69, 9.17) is 4.74 Å². The van der Waals surface area contributed by atoms with E-state index >= 15 is 0 Å². The fraction of sp³-hybridized carbons (Fsp3) is 0.588. The van der Waals surface area contributed by atoms with Crippen LogP contribution >= 0.6 is 0 Å². The maximum Gasteiger partial charge on any atom is 0.317 e. The number of nitrogens with one attached hydrogen (secondary N) is 2. The number of aromatic amines is 1. The third kappa shape index (κ3) is 4.37. The SMILES string of the molecule is CCOC(=O)C1CCN(C(=O)NCc2c(C)cc(C)[nH]c2=O)CC1. The van der Waals surface area contributed by atoms with E-state index in [0.29, 0.717) is 38.1 Å². The molecule has 132 valence electrons. The van der Waals surface area contributed by atoms with Crippen molar-refractivity contribution in [3.63, 3.8) is 0 Å². The summed E-state index contributed by atoms with van der Waals surface area (Å²) < 4.78 is 5.02. The number of nitrogens with zero attached hydrogens (tertiary/aromatic N) is 1. The van der Waals surface area contributed by atoms with Gasteiger partial charge in [-0.25, -0.2) is 4.79 Å². The second-order valence-electron chi connectivity index (χ2n) is 6.12. The summed E-state index contributed by atoms with van der Waals surface area (Å²) in [6, 6.07) is 1.67. The lowest BCUT2D eigenvalue weighted by Crippen LogP contribution is -2.45. The summed E-state index contributed by atoms with van der Waals surface area (Å²) in [5.41, 5.74) is 2.05. The molecule has 2 rings (SSSR count). The Morgan fingerprint density at radius 2 is 2.00 bits per heavy atom. The summed E-state index contributed by atoms with van der Waals surface area (Å²) >= 11 is 0. The number of H-pyrrole nitrogens is 1. The minimum absolute atomic E-state index is 0.129. The molecule has 2 N–H and O–H groups in total. The van der Waals surface area contributed by atoms with Crippen molar-refractivity contribution in [3.05, 3.63) is 33.2 Å². The molecule has 1 aliphatic heterocycles. The predicted molar refractivity (Wildman–Crippen MR) is 89.7 cm³/mol. The van der Waals surface area contributed by atoms with Crippen LogP contribution in [0.3, 0.4) is 0 Å². The number of ether oxygens (including phenoxy) is 1. The van der Waals surface area contributed by atoms with E-state index in [2.05, 4.69) is 10.3 Å². The zero-order valence-corrected chi connectivity index (χ0v) is 14.5. The molecule has 0 aliphatic carbocycles. The Bertz CT molecular complexity index is 660. The van der Waals surface area contributed by atoms with Crippen molar-refractivity contribution < 1.29 is 14.3 Å². The molecule has 0 saturated carbocycles. The summed E-state index contributed by atoms with van der Waals surface area (Å²) in [6.07, 6.45) is 1.22. The van der Waals surface area contributed by atoms with Gasteiger partial charge in [0.2, 0.25) is 0 Å². The first-order chi connectivity index (χ1) is 11.4. The number of aromatic nitrogens is 1. The molecule has 1 aliphatic rings. The number of hydrogen-bond donors (Lipinski definition) is 2. The van der Waals surface area contributed by atoms with Gasteiger partial charge in [-0.3, -0.25) is 9.59 Å². The molecule has 0 aromatic carbocycles. The number of aryl methyl sites for hydroxylation is 2. The Balaban J connectivity index is 1.86. The van der Waals surface area contributed by atoms with Crippen LogP contribution in [0.5, 0.6) is 0 Å². The third-order valence-electron chi connectivity index (χ3n) is 4.31. The van der Waals surface area contributed by atoms with E-state index in [-0.39, 0.29) is 30.0 Å². The first-order valence-corrected chi connectivity index (χ1v) is 8.31. The largest absolute Gasteiger partial charge is 0.466 e. The van der Waals surface area contributed by atoms with Gasteiger partial charge in [-0.1, -0.05) is 0 Å². The summed E-state index contributed by atoms with van der Waals surface area (Å²) in [6.45, 7) is 7.06. The molecule has 1 fully saturated rings. The lowest BCUT2D eigenvalue weighted by molar-refractivity contribution is -0.149. The molecular weight excluding hydrogens is 310 g/mol. The lowest BCUT2D eigenvalue weighted by Gasteiger charge is -2.30. The maximum absolute atomic E-state index is 12.2. The zero-order valence-electron chi connectivity index (χ0n) is 14.5. The van der Waals surface area contributed by atoms with Crippen LogP contribution in [-0.4, -0.2) is 41.6 Å². The first kappa shape index (κ1) is 18.0. The number of hydrogen-bond acceptors (Lipinski definition) is 4. The molecule has 0 unspecified atom stereocenters. The van der Waals surface area contributed by atoms with Gasteiger partial charge in [-0.2, -0.15) is 0 Å². The number of rotatable bonds is 4. The minimum atomic E-state index is -0.211. The average Bonchev–Trinajstić information content (AvgIpc) is 2.54. The Morgan fingerprint density at radius 3 is 2.58 bits per heavy atom. The van der Waals surface area contributed by atoms with Crippen LogP contribution in [0.2, 0.25) is 0 Å². The number of esters is 1. The number of carbonyl (C=O) groups is 2. The van der Waals surface area contributed by atoms with E-state index in [1.54, 1.807) is 11.8 Å². The first-order valence-electron chi connectivity index (χ1n) is 8.31. The highest BCUT2D eigenvalue weighted by Crippen LogP contribution is 2.18. The standard InChI is InChI=1S/C17H25N3O4/c1-4-24-16(22)13-5-7-20(8-6-13)17(23)18-10-14-11(2)9-12(3)19-15(14)21/h9,13H,4-8,10H2,1-3H3,(H,18,23)(H,19,21). The van der Waals surface area contributed by atoms with E-state index < -0.39 is 0 Å². The van der Waals surface area contributed by atoms with Crippen molar-refractivity contribution in [3.8, 4) is 0 Å². The van der Waals surface area contributed by atoms with E-state index in [1.807, 2.05) is 19.9 Å². The van der Waals surface area contributed by atoms with Crippen LogP contribution in [0.15, 0.2) is 10.9 Å². The molecule has 1 aromatic heterocycles. The second kappa shape index (κ2) is 7.99. The Kier molecular flexibility index (Phi) is 6.00. The Hall–Kier alpha value is -2.31. The van der Waals surface area contributed by atoms with Crippen LogP contribution in [-0.2, 0) is 16.1 Å². The molecule has 7 heteroatoms. The molecule has 24 heavy (non-hydrogen) atoms. The topological polar surface area (TPSA) is 91.5 Å². The van der Waals surface area contributed by atoms with Gasteiger partial charge in [0.25, 0.3) is 5.56 Å². The monoisotopic (exact) mass is 335 g/mol. The molecule has 0 radical (unpaired) electrons. The quantitative estimate of drug-likeness (QED) is 0.815. The normalized spacial score (nSPS) is 15.2. The second-order valence-corrected chi connectivity index (χ2v) is 6.12. The highest BCUT2D eigenvalue weighted by molar-refractivity contribution is 5.76. The van der Waals surface area contributed by atoms with Gasteiger partial charge in [0, 0.05) is 24.3 Å². The molecule has 1 saturated heterocycles. The number of amides is 2. The highest BCUT2D eigenvalue weighted by Gasteiger charge is 2.28. The van der Waals surface area contributed by atoms with Crippen molar-refractivity contribution >= 4 is 12.0 Å². The van der Waals surface area contributed by atoms with Crippen LogP contribution in [0, 0.1) is 19.8 Å². The average molecular weight is 335 g/mol. The van der Waals surface area contributed by atoms with Gasteiger partial charge in [-0.05, 0) is 45.2 Å². The molecule has 0 bridgehead atoms. The number of likely N-dealkylation sites (tertiary alicyclic amines) is 1. The van der Waals surface area contributed by atoms with Crippen molar-refractivity contribution in [1.29, 1.82) is 0 Å². The molecule has 0 atom stereocenters. The van der Waals surface area contributed by atoms with Crippen molar-refractivity contribution in [2.75, 3.05) is 19.7 Å². The van der Waals surface area contributed by atoms with Crippen LogP contribution < -0.4 is 10.9 Å². The van der Waals surface area contributed by atoms with Crippen LogP contribution in [0.25, 0.3) is 0 Å².